The molecule has 0 aliphatic carbocycles. The molecule has 2 aromatic carbocycles. The molecule has 4 heteroatoms. The average molecular weight is 298 g/mol. The molecule has 19 heavy (non-hydrogen) atoms. The number of hydrogen-bond acceptors (Lipinski definition) is 1. The topological polar surface area (TPSA) is 26.0 Å². The molecule has 1 nitrogen and oxygen atoms in total. The zero-order valence-electron chi connectivity index (χ0n) is 10.2. The predicted octanol–water partition coefficient (Wildman–Crippen LogP) is 4.42. The molecule has 2 aromatic rings. The molecule has 0 fully saturated rings. The molecule has 2 N–H and O–H groups in total. The van der Waals surface area contributed by atoms with Gasteiger partial charge < -0.3 is 5.73 Å². The van der Waals surface area contributed by atoms with Crippen LogP contribution in [0.5, 0.6) is 0 Å². The van der Waals surface area contributed by atoms with Crippen LogP contribution in [0.15, 0.2) is 42.5 Å². The summed E-state index contributed by atoms with van der Waals surface area (Å²) in [7, 11) is 0. The zero-order chi connectivity index (χ0) is 13.8. The Morgan fingerprint density at radius 3 is 2.32 bits per heavy atom. The van der Waals surface area contributed by atoms with Gasteiger partial charge in [-0.05, 0) is 48.4 Å². The number of benzene rings is 2. The molecular formula is C15H14Cl2FN. The van der Waals surface area contributed by atoms with E-state index in [-0.39, 0.29) is 10.9 Å². The molecule has 0 aromatic heterocycles. The summed E-state index contributed by atoms with van der Waals surface area (Å²) in [4.78, 5) is 0. The summed E-state index contributed by atoms with van der Waals surface area (Å²) in [6, 6.07) is 12.4. The van der Waals surface area contributed by atoms with Crippen molar-refractivity contribution >= 4 is 23.2 Å². The minimum absolute atomic E-state index is 0.137. The number of halogens is 3. The summed E-state index contributed by atoms with van der Waals surface area (Å²) in [5.74, 6) is -0.260. The van der Waals surface area contributed by atoms with Crippen molar-refractivity contribution in [2.75, 3.05) is 6.54 Å². The number of nitrogens with two attached hydrogens (primary N) is 1. The van der Waals surface area contributed by atoms with Crippen molar-refractivity contribution in [1.29, 1.82) is 0 Å². The number of hydrogen-bond donors (Lipinski definition) is 1. The minimum atomic E-state index is -0.397. The van der Waals surface area contributed by atoms with Gasteiger partial charge in [0.1, 0.15) is 5.82 Å². The highest BCUT2D eigenvalue weighted by Gasteiger charge is 2.12. The van der Waals surface area contributed by atoms with Gasteiger partial charge in [0.25, 0.3) is 0 Å². The molecule has 0 radical (unpaired) electrons. The zero-order valence-corrected chi connectivity index (χ0v) is 11.8. The van der Waals surface area contributed by atoms with E-state index in [2.05, 4.69) is 0 Å². The van der Waals surface area contributed by atoms with Crippen LogP contribution in [0, 0.1) is 5.82 Å². The maximum Gasteiger partial charge on any atom is 0.142 e. The van der Waals surface area contributed by atoms with E-state index in [1.807, 2.05) is 30.3 Å². The predicted molar refractivity (Wildman–Crippen MR) is 78.4 cm³/mol. The fraction of sp³-hybridized carbons (Fsp3) is 0.200. The van der Waals surface area contributed by atoms with E-state index in [9.17, 15) is 4.39 Å². The Morgan fingerprint density at radius 1 is 1.05 bits per heavy atom. The third-order valence-electron chi connectivity index (χ3n) is 3.09. The van der Waals surface area contributed by atoms with Gasteiger partial charge in [0, 0.05) is 10.9 Å². The molecule has 0 spiro atoms. The molecule has 0 saturated heterocycles. The monoisotopic (exact) mass is 297 g/mol. The van der Waals surface area contributed by atoms with Crippen molar-refractivity contribution in [3.05, 3.63) is 69.5 Å². The van der Waals surface area contributed by atoms with Crippen LogP contribution in [-0.2, 0) is 6.42 Å². The van der Waals surface area contributed by atoms with Crippen molar-refractivity contribution in [2.24, 2.45) is 5.73 Å². The molecule has 0 saturated carbocycles. The van der Waals surface area contributed by atoms with Crippen LogP contribution in [0.4, 0.5) is 4.39 Å². The van der Waals surface area contributed by atoms with Crippen LogP contribution in [0.25, 0.3) is 0 Å². The van der Waals surface area contributed by atoms with Crippen LogP contribution < -0.4 is 5.73 Å². The van der Waals surface area contributed by atoms with Gasteiger partial charge in [-0.25, -0.2) is 4.39 Å². The lowest BCUT2D eigenvalue weighted by Crippen LogP contribution is -2.15. The van der Waals surface area contributed by atoms with Crippen LogP contribution in [0.2, 0.25) is 10.0 Å². The summed E-state index contributed by atoms with van der Waals surface area (Å²) < 4.78 is 13.4. The van der Waals surface area contributed by atoms with Gasteiger partial charge in [0.2, 0.25) is 0 Å². The van der Waals surface area contributed by atoms with Crippen molar-refractivity contribution in [3.63, 3.8) is 0 Å². The summed E-state index contributed by atoms with van der Waals surface area (Å²) >= 11 is 11.5. The highest BCUT2D eigenvalue weighted by atomic mass is 35.5. The highest BCUT2D eigenvalue weighted by Crippen LogP contribution is 2.24. The SMILES string of the molecule is NCC(Cc1ccc(Cl)c(F)c1)c1ccc(Cl)cc1. The summed E-state index contributed by atoms with van der Waals surface area (Å²) in [6.07, 6.45) is 0.673. The van der Waals surface area contributed by atoms with E-state index in [1.165, 1.54) is 6.07 Å². The Morgan fingerprint density at radius 2 is 1.74 bits per heavy atom. The normalized spacial score (nSPS) is 12.4. The van der Waals surface area contributed by atoms with Crippen molar-refractivity contribution in [2.45, 2.75) is 12.3 Å². The van der Waals surface area contributed by atoms with Gasteiger partial charge >= 0.3 is 0 Å². The number of rotatable bonds is 4. The van der Waals surface area contributed by atoms with Crippen LogP contribution in [-0.4, -0.2) is 6.54 Å². The lowest BCUT2D eigenvalue weighted by atomic mass is 9.92. The maximum absolute atomic E-state index is 13.4. The average Bonchev–Trinajstić information content (AvgIpc) is 2.41. The second-order valence-corrected chi connectivity index (χ2v) is 5.28. The first-order chi connectivity index (χ1) is 9.10. The molecule has 1 atom stereocenters. The van der Waals surface area contributed by atoms with E-state index in [1.54, 1.807) is 6.07 Å². The Bertz CT molecular complexity index is 555. The fourth-order valence-electron chi connectivity index (χ4n) is 2.02. The molecule has 0 aliphatic rings. The quantitative estimate of drug-likeness (QED) is 0.888. The van der Waals surface area contributed by atoms with E-state index in [4.69, 9.17) is 28.9 Å². The van der Waals surface area contributed by atoms with Gasteiger partial charge in [-0.2, -0.15) is 0 Å². The third-order valence-corrected chi connectivity index (χ3v) is 3.65. The molecular weight excluding hydrogens is 284 g/mol. The summed E-state index contributed by atoms with van der Waals surface area (Å²) in [5.41, 5.74) is 7.79. The summed E-state index contributed by atoms with van der Waals surface area (Å²) in [5, 5.41) is 0.830. The minimum Gasteiger partial charge on any atom is -0.330 e. The molecule has 0 amide bonds. The lowest BCUT2D eigenvalue weighted by molar-refractivity contribution is 0.621. The largest absolute Gasteiger partial charge is 0.330 e. The van der Waals surface area contributed by atoms with Crippen molar-refractivity contribution in [3.8, 4) is 0 Å². The summed E-state index contributed by atoms with van der Waals surface area (Å²) in [6.45, 7) is 0.492. The standard InChI is InChI=1S/C15H14Cl2FN/c16-13-4-2-11(3-5-13)12(9-19)7-10-1-6-14(17)15(18)8-10/h1-6,8,12H,7,9,19H2. The first kappa shape index (κ1) is 14.3. The van der Waals surface area contributed by atoms with Crippen LogP contribution in [0.3, 0.4) is 0 Å². The lowest BCUT2D eigenvalue weighted by Gasteiger charge is -2.15. The smallest absolute Gasteiger partial charge is 0.142 e. The Hall–Kier alpha value is -1.09. The van der Waals surface area contributed by atoms with Crippen molar-refractivity contribution in [1.82, 2.24) is 0 Å². The Kier molecular flexibility index (Phi) is 4.81. The highest BCUT2D eigenvalue weighted by molar-refractivity contribution is 6.30. The first-order valence-corrected chi connectivity index (χ1v) is 6.75. The van der Waals surface area contributed by atoms with Crippen molar-refractivity contribution < 1.29 is 4.39 Å². The van der Waals surface area contributed by atoms with Gasteiger partial charge in [0.15, 0.2) is 0 Å². The van der Waals surface area contributed by atoms with Gasteiger partial charge in [-0.1, -0.05) is 41.4 Å². The van der Waals surface area contributed by atoms with Crippen LogP contribution in [0.1, 0.15) is 17.0 Å². The van der Waals surface area contributed by atoms with Gasteiger partial charge in [-0.15, -0.1) is 0 Å². The van der Waals surface area contributed by atoms with E-state index >= 15 is 0 Å². The second kappa shape index (κ2) is 6.38. The molecule has 100 valence electrons. The third kappa shape index (κ3) is 3.69. The van der Waals surface area contributed by atoms with E-state index < -0.39 is 5.82 Å². The Labute approximate surface area is 122 Å². The molecule has 0 bridgehead atoms. The van der Waals surface area contributed by atoms with E-state index in [0.29, 0.717) is 18.0 Å². The maximum atomic E-state index is 13.4. The molecule has 2 rings (SSSR count). The van der Waals surface area contributed by atoms with Gasteiger partial charge in [-0.3, -0.25) is 0 Å². The van der Waals surface area contributed by atoms with Crippen LogP contribution >= 0.6 is 23.2 Å². The second-order valence-electron chi connectivity index (χ2n) is 4.44. The first-order valence-electron chi connectivity index (χ1n) is 5.99. The Balaban J connectivity index is 2.18. The fourth-order valence-corrected chi connectivity index (χ4v) is 2.27. The molecule has 0 heterocycles. The molecule has 1 unspecified atom stereocenters. The van der Waals surface area contributed by atoms with Gasteiger partial charge in [0.05, 0.1) is 5.02 Å². The molecule has 0 aliphatic heterocycles. The van der Waals surface area contributed by atoms with E-state index in [0.717, 1.165) is 11.1 Å².